The van der Waals surface area contributed by atoms with Crippen molar-refractivity contribution in [3.63, 3.8) is 0 Å². The van der Waals surface area contributed by atoms with Gasteiger partial charge in [0.1, 0.15) is 17.2 Å². The Morgan fingerprint density at radius 1 is 1.24 bits per heavy atom. The topological polar surface area (TPSA) is 50.2 Å². The van der Waals surface area contributed by atoms with Gasteiger partial charge < -0.3 is 5.11 Å². The summed E-state index contributed by atoms with van der Waals surface area (Å²) in [6.45, 7) is 1.55. The molecule has 21 heavy (non-hydrogen) atoms. The summed E-state index contributed by atoms with van der Waals surface area (Å²) in [5.74, 6) is -2.84. The molecule has 0 saturated carbocycles. The van der Waals surface area contributed by atoms with Crippen molar-refractivity contribution >= 4 is 28.2 Å². The van der Waals surface area contributed by atoms with Crippen molar-refractivity contribution < 1.29 is 18.7 Å². The van der Waals surface area contributed by atoms with Crippen molar-refractivity contribution in [2.75, 3.05) is 0 Å². The number of benzene rings is 1. The van der Waals surface area contributed by atoms with Crippen molar-refractivity contribution in [1.82, 2.24) is 4.98 Å². The molecule has 3 nitrogen and oxygen atoms in total. The van der Waals surface area contributed by atoms with E-state index in [1.165, 1.54) is 11.3 Å². The number of carbonyl (C=O) groups is 1. The quantitative estimate of drug-likeness (QED) is 0.770. The van der Waals surface area contributed by atoms with Gasteiger partial charge in [0.15, 0.2) is 0 Å². The highest BCUT2D eigenvalue weighted by atomic mass is 32.1. The zero-order valence-corrected chi connectivity index (χ0v) is 11.7. The third kappa shape index (κ3) is 2.08. The molecule has 0 aliphatic heterocycles. The molecule has 0 amide bonds. The first kappa shape index (κ1) is 13.6. The van der Waals surface area contributed by atoms with Crippen LogP contribution >= 0.6 is 11.3 Å². The van der Waals surface area contributed by atoms with Crippen molar-refractivity contribution in [2.45, 2.75) is 6.92 Å². The van der Waals surface area contributed by atoms with Gasteiger partial charge >= 0.3 is 5.97 Å². The first-order valence-electron chi connectivity index (χ1n) is 6.06. The van der Waals surface area contributed by atoms with Crippen LogP contribution in [0.25, 0.3) is 21.5 Å². The predicted molar refractivity (Wildman–Crippen MR) is 76.7 cm³/mol. The Morgan fingerprint density at radius 2 is 1.95 bits per heavy atom. The van der Waals surface area contributed by atoms with Gasteiger partial charge in [0, 0.05) is 0 Å². The molecule has 106 valence electrons. The molecule has 3 aromatic rings. The number of hydrogen-bond donors (Lipinski definition) is 1. The second-order valence-electron chi connectivity index (χ2n) is 4.50. The van der Waals surface area contributed by atoms with E-state index in [1.54, 1.807) is 19.1 Å². The van der Waals surface area contributed by atoms with Crippen molar-refractivity contribution in [3.05, 3.63) is 52.4 Å². The van der Waals surface area contributed by atoms with E-state index in [-0.39, 0.29) is 16.5 Å². The second kappa shape index (κ2) is 4.89. The minimum Gasteiger partial charge on any atom is -0.478 e. The van der Waals surface area contributed by atoms with Crippen LogP contribution in [0.5, 0.6) is 0 Å². The van der Waals surface area contributed by atoms with Gasteiger partial charge in [-0.05, 0) is 36.1 Å². The average molecular weight is 305 g/mol. The molecule has 0 bridgehead atoms. The van der Waals surface area contributed by atoms with E-state index >= 15 is 0 Å². The van der Waals surface area contributed by atoms with Crippen LogP contribution in [0.3, 0.4) is 0 Å². The molecule has 2 aromatic heterocycles. The first-order chi connectivity index (χ1) is 10.0. The lowest BCUT2D eigenvalue weighted by Crippen LogP contribution is -2.06. The number of nitrogens with zero attached hydrogens (tertiary/aromatic N) is 1. The number of fused-ring (bicyclic) bond motifs is 1. The van der Waals surface area contributed by atoms with Gasteiger partial charge in [-0.1, -0.05) is 6.07 Å². The Hall–Kier alpha value is -2.34. The van der Waals surface area contributed by atoms with Crippen LogP contribution in [-0.2, 0) is 0 Å². The van der Waals surface area contributed by atoms with Gasteiger partial charge in [-0.15, -0.1) is 11.3 Å². The number of thiophene rings is 1. The van der Waals surface area contributed by atoms with Crippen LogP contribution in [0, 0.1) is 18.6 Å². The fourth-order valence-corrected chi connectivity index (χ4v) is 3.08. The standard InChI is InChI=1S/C15H9F2NO2S/c1-7-11(15(19)20)12-8(16)4-5-9(17)14(12)18-13(7)10-3-2-6-21-10/h2-6H,1H3,(H,19,20). The van der Waals surface area contributed by atoms with Gasteiger partial charge in [0.25, 0.3) is 0 Å². The van der Waals surface area contributed by atoms with Gasteiger partial charge in [0.2, 0.25) is 0 Å². The monoisotopic (exact) mass is 305 g/mol. The molecule has 1 aromatic carbocycles. The number of carboxylic acid groups (broad SMARTS) is 1. The highest BCUT2D eigenvalue weighted by Gasteiger charge is 2.22. The van der Waals surface area contributed by atoms with Gasteiger partial charge in [-0.25, -0.2) is 18.6 Å². The third-order valence-electron chi connectivity index (χ3n) is 3.25. The maximum atomic E-state index is 14.0. The number of aromatic nitrogens is 1. The van der Waals surface area contributed by atoms with Crippen LogP contribution in [0.1, 0.15) is 15.9 Å². The lowest BCUT2D eigenvalue weighted by molar-refractivity contribution is 0.0698. The Labute approximate surface area is 122 Å². The van der Waals surface area contributed by atoms with Crippen LogP contribution < -0.4 is 0 Å². The van der Waals surface area contributed by atoms with Gasteiger partial charge in [0.05, 0.1) is 21.5 Å². The Balaban J connectivity index is 2.52. The normalized spacial score (nSPS) is 11.0. The lowest BCUT2D eigenvalue weighted by atomic mass is 10.00. The maximum Gasteiger partial charge on any atom is 0.336 e. The van der Waals surface area contributed by atoms with E-state index in [0.29, 0.717) is 16.1 Å². The smallest absolute Gasteiger partial charge is 0.336 e. The molecule has 6 heteroatoms. The molecule has 2 heterocycles. The zero-order valence-electron chi connectivity index (χ0n) is 10.9. The van der Waals surface area contributed by atoms with Crippen LogP contribution in [0.4, 0.5) is 8.78 Å². The molecule has 0 fully saturated rings. The van der Waals surface area contributed by atoms with Crippen LogP contribution in [0.2, 0.25) is 0 Å². The summed E-state index contributed by atoms with van der Waals surface area (Å²) in [6.07, 6.45) is 0. The number of hydrogen-bond acceptors (Lipinski definition) is 3. The number of rotatable bonds is 2. The number of halogens is 2. The summed E-state index contributed by atoms with van der Waals surface area (Å²) in [7, 11) is 0. The molecule has 0 aliphatic carbocycles. The summed E-state index contributed by atoms with van der Waals surface area (Å²) in [5.41, 5.74) is 0.170. The minimum atomic E-state index is -1.30. The third-order valence-corrected chi connectivity index (χ3v) is 4.13. The van der Waals surface area contributed by atoms with E-state index < -0.39 is 17.6 Å². The second-order valence-corrected chi connectivity index (χ2v) is 5.44. The number of aromatic carboxylic acids is 1. The molecule has 0 atom stereocenters. The summed E-state index contributed by atoms with van der Waals surface area (Å²) >= 11 is 1.36. The lowest BCUT2D eigenvalue weighted by Gasteiger charge is -2.11. The number of pyridine rings is 1. The molecule has 0 radical (unpaired) electrons. The molecule has 0 saturated heterocycles. The van der Waals surface area contributed by atoms with Crippen LogP contribution in [-0.4, -0.2) is 16.1 Å². The van der Waals surface area contributed by atoms with E-state index in [4.69, 9.17) is 0 Å². The minimum absolute atomic E-state index is 0.250. The summed E-state index contributed by atoms with van der Waals surface area (Å²) in [4.78, 5) is 16.4. The first-order valence-corrected chi connectivity index (χ1v) is 6.94. The molecule has 0 aliphatic rings. The van der Waals surface area contributed by atoms with Crippen molar-refractivity contribution in [1.29, 1.82) is 0 Å². The van der Waals surface area contributed by atoms with E-state index in [9.17, 15) is 18.7 Å². The largest absolute Gasteiger partial charge is 0.478 e. The molecular weight excluding hydrogens is 296 g/mol. The SMILES string of the molecule is Cc1c(-c2cccs2)nc2c(F)ccc(F)c2c1C(=O)O. The molecule has 0 unspecified atom stereocenters. The van der Waals surface area contributed by atoms with Crippen molar-refractivity contribution in [3.8, 4) is 10.6 Å². The predicted octanol–water partition coefficient (Wildman–Crippen LogP) is 4.25. The molecular formula is C15H9F2NO2S. The number of carboxylic acids is 1. The highest BCUT2D eigenvalue weighted by Crippen LogP contribution is 2.34. The molecule has 1 N–H and O–H groups in total. The maximum absolute atomic E-state index is 14.0. The average Bonchev–Trinajstić information content (AvgIpc) is 2.96. The van der Waals surface area contributed by atoms with Gasteiger partial charge in [-0.2, -0.15) is 0 Å². The van der Waals surface area contributed by atoms with E-state index in [0.717, 1.165) is 12.1 Å². The Bertz CT molecular complexity index is 860. The fraction of sp³-hybridized carbons (Fsp3) is 0.0667. The Kier molecular flexibility index (Phi) is 3.17. The van der Waals surface area contributed by atoms with E-state index in [1.807, 2.05) is 5.38 Å². The Morgan fingerprint density at radius 3 is 2.57 bits per heavy atom. The van der Waals surface area contributed by atoms with Gasteiger partial charge in [-0.3, -0.25) is 0 Å². The summed E-state index contributed by atoms with van der Waals surface area (Å²) < 4.78 is 27.9. The highest BCUT2D eigenvalue weighted by molar-refractivity contribution is 7.13. The summed E-state index contributed by atoms with van der Waals surface area (Å²) in [5, 5.41) is 10.9. The van der Waals surface area contributed by atoms with Crippen molar-refractivity contribution in [2.24, 2.45) is 0 Å². The molecule has 0 spiro atoms. The van der Waals surface area contributed by atoms with Crippen LogP contribution in [0.15, 0.2) is 29.6 Å². The summed E-state index contributed by atoms with van der Waals surface area (Å²) in [6, 6.07) is 5.40. The fourth-order valence-electron chi connectivity index (χ4n) is 2.31. The van der Waals surface area contributed by atoms with E-state index in [2.05, 4.69) is 4.98 Å². The molecule has 3 rings (SSSR count). The zero-order chi connectivity index (χ0) is 15.1.